The fourth-order valence-corrected chi connectivity index (χ4v) is 16.6. The minimum Gasteiger partial charge on any atom is -0.253 e. The maximum Gasteiger partial charge on any atom is 0.235 e. The van der Waals surface area contributed by atoms with Crippen LogP contribution in [0.1, 0.15) is 0 Å². The second-order valence-corrected chi connectivity index (χ2v) is 16.6. The Morgan fingerprint density at radius 3 is 1.10 bits per heavy atom. The first-order chi connectivity index (χ1) is 4.31. The van der Waals surface area contributed by atoms with Gasteiger partial charge in [0.1, 0.15) is 21.6 Å². The van der Waals surface area contributed by atoms with Crippen LogP contribution < -0.4 is 0 Å². The van der Waals surface area contributed by atoms with E-state index in [1.165, 1.54) is 0 Å². The Balaban J connectivity index is 3.00. The smallest absolute Gasteiger partial charge is 0.235 e. The van der Waals surface area contributed by atoms with Crippen LogP contribution in [0, 0.1) is 0 Å². The van der Waals surface area contributed by atoms with Gasteiger partial charge in [-0.3, -0.25) is 8.42 Å². The molecule has 0 aromatic carbocycles. The molecule has 0 spiro atoms. The largest absolute Gasteiger partial charge is 0.253 e. The summed E-state index contributed by atoms with van der Waals surface area (Å²) in [5, 5.41) is 0. The van der Waals surface area contributed by atoms with E-state index in [2.05, 4.69) is 63.7 Å². The van der Waals surface area contributed by atoms with Crippen molar-refractivity contribution in [2.75, 3.05) is 0 Å². The van der Waals surface area contributed by atoms with Crippen molar-refractivity contribution in [3.8, 4) is 0 Å². The van der Waals surface area contributed by atoms with Gasteiger partial charge in [0.25, 0.3) is 0 Å². The minimum absolute atomic E-state index is 0.951. The standard InChI is InChI=1S/C2Br4O2S2/c3-1(4)9(7)2(5,6)10(1)8. The fourth-order valence-electron chi connectivity index (χ4n) is 0.380. The number of halogens is 4. The second-order valence-electron chi connectivity index (χ2n) is 1.46. The fraction of sp³-hybridized carbons (Fsp3) is 1.00. The Labute approximate surface area is 96.3 Å². The van der Waals surface area contributed by atoms with Crippen molar-refractivity contribution in [1.82, 2.24) is 0 Å². The lowest BCUT2D eigenvalue weighted by atomic mass is 11.8. The predicted molar refractivity (Wildman–Crippen MR) is 57.5 cm³/mol. The van der Waals surface area contributed by atoms with Gasteiger partial charge in [-0.25, -0.2) is 0 Å². The molecular formula is C2Br4O2S2. The predicted octanol–water partition coefficient (Wildman–Crippen LogP) is 2.30. The molecule has 1 aliphatic heterocycles. The van der Waals surface area contributed by atoms with Crippen molar-refractivity contribution in [2.45, 2.75) is 3.80 Å². The van der Waals surface area contributed by atoms with E-state index in [1.54, 1.807) is 0 Å². The summed E-state index contributed by atoms with van der Waals surface area (Å²) in [4.78, 5) is 0. The zero-order chi connectivity index (χ0) is 8.15. The Hall–Kier alpha value is 2.22. The average Bonchev–Trinajstić information content (AvgIpc) is 1.84. The van der Waals surface area contributed by atoms with Gasteiger partial charge < -0.3 is 0 Å². The molecule has 0 aliphatic carbocycles. The van der Waals surface area contributed by atoms with E-state index in [4.69, 9.17) is 0 Å². The van der Waals surface area contributed by atoms with Crippen LogP contribution in [0.4, 0.5) is 0 Å². The molecular weight excluding hydrogens is 440 g/mol. The number of hydrogen-bond acceptors (Lipinski definition) is 2. The van der Waals surface area contributed by atoms with Gasteiger partial charge >= 0.3 is 0 Å². The minimum atomic E-state index is -1.28. The lowest BCUT2D eigenvalue weighted by Crippen LogP contribution is -2.53. The molecule has 1 aliphatic rings. The van der Waals surface area contributed by atoms with Crippen LogP contribution in [0.2, 0.25) is 0 Å². The number of hydrogen-bond donors (Lipinski definition) is 0. The van der Waals surface area contributed by atoms with E-state index in [0.29, 0.717) is 0 Å². The Bertz CT molecular complexity index is 183. The first-order valence-electron chi connectivity index (χ1n) is 1.91. The molecule has 0 amide bonds. The molecule has 1 fully saturated rings. The van der Waals surface area contributed by atoms with Gasteiger partial charge in [-0.15, -0.1) is 0 Å². The van der Waals surface area contributed by atoms with Crippen LogP contribution in [0.15, 0.2) is 0 Å². The van der Waals surface area contributed by atoms with Crippen molar-refractivity contribution < 1.29 is 8.42 Å². The van der Waals surface area contributed by atoms with Crippen LogP contribution in [-0.4, -0.2) is 12.2 Å². The lowest BCUT2D eigenvalue weighted by molar-refractivity contribution is 0.668. The van der Waals surface area contributed by atoms with Gasteiger partial charge in [0, 0.05) is 0 Å². The molecule has 0 N–H and O–H groups in total. The van der Waals surface area contributed by atoms with Crippen LogP contribution in [0.5, 0.6) is 0 Å². The molecule has 2 nitrogen and oxygen atoms in total. The zero-order valence-corrected chi connectivity index (χ0v) is 12.1. The summed E-state index contributed by atoms with van der Waals surface area (Å²) in [6.07, 6.45) is 0. The maximum atomic E-state index is 11.1. The molecule has 0 atom stereocenters. The maximum absolute atomic E-state index is 11.1. The number of alkyl halides is 4. The van der Waals surface area contributed by atoms with Gasteiger partial charge in [0.05, 0.1) is 0 Å². The quantitative estimate of drug-likeness (QED) is 0.543. The first-order valence-corrected chi connectivity index (χ1v) is 7.38. The van der Waals surface area contributed by atoms with Crippen molar-refractivity contribution in [2.24, 2.45) is 0 Å². The van der Waals surface area contributed by atoms with E-state index < -0.39 is 25.4 Å². The van der Waals surface area contributed by atoms with Crippen LogP contribution in [0.25, 0.3) is 0 Å². The van der Waals surface area contributed by atoms with Crippen LogP contribution in [0.3, 0.4) is 0 Å². The summed E-state index contributed by atoms with van der Waals surface area (Å²) >= 11 is 12.1. The van der Waals surface area contributed by atoms with Gasteiger partial charge in [0.15, 0.2) is 0 Å². The van der Waals surface area contributed by atoms with Crippen molar-refractivity contribution in [3.05, 3.63) is 0 Å². The third kappa shape index (κ3) is 1.26. The summed E-state index contributed by atoms with van der Waals surface area (Å²) in [5.74, 6) is 0. The Morgan fingerprint density at radius 2 is 1.00 bits per heavy atom. The van der Waals surface area contributed by atoms with E-state index in [0.717, 1.165) is 0 Å². The molecule has 1 rings (SSSR count). The van der Waals surface area contributed by atoms with Crippen LogP contribution in [-0.2, 0) is 21.6 Å². The second kappa shape index (κ2) is 2.87. The normalized spacial score (nSPS) is 42.4. The summed E-state index contributed by atoms with van der Waals surface area (Å²) in [5.41, 5.74) is 0. The molecule has 1 heterocycles. The molecule has 60 valence electrons. The van der Waals surface area contributed by atoms with Crippen molar-refractivity contribution >= 4 is 85.3 Å². The van der Waals surface area contributed by atoms with E-state index in [1.807, 2.05) is 0 Å². The summed E-state index contributed by atoms with van der Waals surface area (Å²) in [7, 11) is -2.55. The highest BCUT2D eigenvalue weighted by atomic mass is 79.9. The van der Waals surface area contributed by atoms with Gasteiger partial charge in [-0.05, 0) is 63.7 Å². The van der Waals surface area contributed by atoms with E-state index >= 15 is 0 Å². The summed E-state index contributed by atoms with van der Waals surface area (Å²) < 4.78 is 20.4. The Morgan fingerprint density at radius 1 is 0.800 bits per heavy atom. The van der Waals surface area contributed by atoms with Gasteiger partial charge in [-0.1, -0.05) is 0 Å². The molecule has 0 aromatic rings. The highest BCUT2D eigenvalue weighted by Crippen LogP contribution is 2.60. The molecule has 0 unspecified atom stereocenters. The lowest BCUT2D eigenvalue weighted by Gasteiger charge is -2.39. The van der Waals surface area contributed by atoms with Crippen molar-refractivity contribution in [3.63, 3.8) is 0 Å². The molecule has 0 radical (unpaired) electrons. The van der Waals surface area contributed by atoms with Crippen molar-refractivity contribution in [1.29, 1.82) is 0 Å². The topological polar surface area (TPSA) is 34.1 Å². The monoisotopic (exact) mass is 436 g/mol. The van der Waals surface area contributed by atoms with Gasteiger partial charge in [0.2, 0.25) is 3.80 Å². The highest BCUT2D eigenvalue weighted by Gasteiger charge is 2.66. The number of rotatable bonds is 0. The van der Waals surface area contributed by atoms with E-state index in [9.17, 15) is 8.42 Å². The molecule has 0 bridgehead atoms. The van der Waals surface area contributed by atoms with E-state index in [-0.39, 0.29) is 0 Å². The highest BCUT2D eigenvalue weighted by molar-refractivity contribution is 9.37. The summed E-state index contributed by atoms with van der Waals surface area (Å²) in [6.45, 7) is 0. The summed E-state index contributed by atoms with van der Waals surface area (Å²) in [6, 6.07) is 0. The molecule has 0 saturated carbocycles. The van der Waals surface area contributed by atoms with Gasteiger partial charge in [-0.2, -0.15) is 0 Å². The molecule has 1 saturated heterocycles. The SMILES string of the molecule is O=S1C(Br)(Br)S(=O)C1(Br)Br. The molecule has 0 aromatic heterocycles. The third-order valence-corrected chi connectivity index (χ3v) is 11.5. The molecule has 8 heteroatoms. The average molecular weight is 440 g/mol. The third-order valence-electron chi connectivity index (χ3n) is 0.863. The first kappa shape index (κ1) is 10.3. The molecule has 10 heavy (non-hydrogen) atoms. The Kier molecular flexibility index (Phi) is 2.95. The van der Waals surface area contributed by atoms with Crippen LogP contribution >= 0.6 is 63.7 Å². The zero-order valence-electron chi connectivity index (χ0n) is 4.14.